The summed E-state index contributed by atoms with van der Waals surface area (Å²) >= 11 is 0. The number of nitrogens with zero attached hydrogens (tertiary/aromatic N) is 1. The maximum Gasteiger partial charge on any atom is 0.323 e. The van der Waals surface area contributed by atoms with Gasteiger partial charge in [-0.15, -0.1) is 0 Å². The summed E-state index contributed by atoms with van der Waals surface area (Å²) < 4.78 is 17.7. The molecule has 1 unspecified atom stereocenters. The third kappa shape index (κ3) is 7.71. The van der Waals surface area contributed by atoms with Gasteiger partial charge in [0.1, 0.15) is 5.75 Å². The largest absolute Gasteiger partial charge is 0.461 e. The molecule has 0 aliphatic carbocycles. The van der Waals surface area contributed by atoms with E-state index in [-0.39, 0.29) is 5.91 Å². The number of nitrogens with one attached hydrogen (secondary N) is 3. The molecule has 162 valence electrons. The topological polar surface area (TPSA) is 82.7 Å². The summed E-state index contributed by atoms with van der Waals surface area (Å²) in [6.07, 6.45) is -1.40. The molecule has 7 nitrogen and oxygen atoms in total. The summed E-state index contributed by atoms with van der Waals surface area (Å²) in [6, 6.07) is 12.6. The van der Waals surface area contributed by atoms with E-state index in [4.69, 9.17) is 4.74 Å². The van der Waals surface area contributed by atoms with Crippen molar-refractivity contribution in [1.29, 1.82) is 0 Å². The highest BCUT2D eigenvalue weighted by Gasteiger charge is 2.08. The quantitative estimate of drug-likeness (QED) is 0.545. The van der Waals surface area contributed by atoms with Gasteiger partial charge in [0.05, 0.1) is 0 Å². The number of rotatable bonds is 10. The summed E-state index contributed by atoms with van der Waals surface area (Å²) in [6.45, 7) is 8.75. The number of hydrogen-bond acceptors (Lipinski definition) is 4. The Hall–Kier alpha value is -3.13. The zero-order valence-corrected chi connectivity index (χ0v) is 17.6. The van der Waals surface area contributed by atoms with Gasteiger partial charge in [-0.25, -0.2) is 9.18 Å². The van der Waals surface area contributed by atoms with Gasteiger partial charge in [-0.2, -0.15) is 0 Å². The lowest BCUT2D eigenvalue weighted by atomic mass is 10.2. The molecule has 0 aromatic heterocycles. The van der Waals surface area contributed by atoms with Crippen LogP contribution in [-0.2, 0) is 0 Å². The highest BCUT2D eigenvalue weighted by molar-refractivity contribution is 6.00. The molecule has 0 saturated heterocycles. The summed E-state index contributed by atoms with van der Waals surface area (Å²) in [5.41, 5.74) is 1.62. The summed E-state index contributed by atoms with van der Waals surface area (Å²) in [7, 11) is 0. The van der Waals surface area contributed by atoms with Gasteiger partial charge in [0.15, 0.2) is 0 Å². The van der Waals surface area contributed by atoms with Crippen LogP contribution in [0.2, 0.25) is 0 Å². The second kappa shape index (κ2) is 11.8. The van der Waals surface area contributed by atoms with E-state index in [2.05, 4.69) is 34.7 Å². The Bertz CT molecular complexity index is 806. The van der Waals surface area contributed by atoms with Gasteiger partial charge >= 0.3 is 6.03 Å². The molecule has 0 bridgehead atoms. The maximum atomic E-state index is 12.8. The number of likely N-dealkylation sites (N-methyl/N-ethyl adjacent to an activating group) is 1. The van der Waals surface area contributed by atoms with E-state index in [0.29, 0.717) is 29.2 Å². The van der Waals surface area contributed by atoms with Crippen LogP contribution in [-0.4, -0.2) is 49.4 Å². The number of alkyl halides is 1. The number of anilines is 2. The number of benzene rings is 2. The summed E-state index contributed by atoms with van der Waals surface area (Å²) in [5, 5.41) is 8.26. The third-order valence-corrected chi connectivity index (χ3v) is 4.42. The zero-order chi connectivity index (χ0) is 21.9. The highest BCUT2D eigenvalue weighted by Crippen LogP contribution is 2.18. The first-order valence-electron chi connectivity index (χ1n) is 10.0. The number of hydrogen-bond donors (Lipinski definition) is 3. The number of amides is 3. The van der Waals surface area contributed by atoms with Gasteiger partial charge in [0.2, 0.25) is 6.36 Å². The first kappa shape index (κ1) is 23.2. The average Bonchev–Trinajstić information content (AvgIpc) is 2.72. The molecule has 3 N–H and O–H groups in total. The molecule has 0 aliphatic heterocycles. The van der Waals surface area contributed by atoms with E-state index in [1.165, 1.54) is 6.92 Å². The maximum absolute atomic E-state index is 12.8. The van der Waals surface area contributed by atoms with Gasteiger partial charge in [-0.05, 0) is 61.6 Å². The molecular formula is C22H29FN4O3. The smallest absolute Gasteiger partial charge is 0.323 e. The van der Waals surface area contributed by atoms with Crippen molar-refractivity contribution < 1.29 is 18.7 Å². The second-order valence-electron chi connectivity index (χ2n) is 6.62. The molecule has 2 aromatic carbocycles. The van der Waals surface area contributed by atoms with Crippen LogP contribution in [0.5, 0.6) is 5.75 Å². The van der Waals surface area contributed by atoms with E-state index >= 15 is 0 Å². The van der Waals surface area contributed by atoms with Gasteiger partial charge in [0, 0.05) is 37.0 Å². The molecule has 30 heavy (non-hydrogen) atoms. The van der Waals surface area contributed by atoms with E-state index in [0.717, 1.165) is 19.6 Å². The molecular weight excluding hydrogens is 387 g/mol. The van der Waals surface area contributed by atoms with Crippen LogP contribution in [0.1, 0.15) is 31.1 Å². The Morgan fingerprint density at radius 3 is 2.00 bits per heavy atom. The van der Waals surface area contributed by atoms with Crippen molar-refractivity contribution in [2.45, 2.75) is 27.1 Å². The predicted molar refractivity (Wildman–Crippen MR) is 117 cm³/mol. The van der Waals surface area contributed by atoms with Crippen molar-refractivity contribution in [3.05, 3.63) is 54.1 Å². The highest BCUT2D eigenvalue weighted by atomic mass is 19.1. The molecule has 0 radical (unpaired) electrons. The van der Waals surface area contributed by atoms with Crippen LogP contribution in [0.4, 0.5) is 20.6 Å². The Morgan fingerprint density at radius 2 is 1.50 bits per heavy atom. The van der Waals surface area contributed by atoms with E-state index < -0.39 is 12.4 Å². The van der Waals surface area contributed by atoms with Crippen molar-refractivity contribution in [1.82, 2.24) is 10.2 Å². The number of ether oxygens (including phenoxy) is 1. The van der Waals surface area contributed by atoms with E-state index in [1.807, 2.05) is 0 Å². The molecule has 1 atom stereocenters. The Labute approximate surface area is 176 Å². The SMILES string of the molecule is CCN(CC)CCNC(=O)c1ccc(NC(=O)Nc2ccc(OC(C)F)cc2)cc1. The second-order valence-corrected chi connectivity index (χ2v) is 6.62. The summed E-state index contributed by atoms with van der Waals surface area (Å²) in [5.74, 6) is 0.227. The molecule has 2 aromatic rings. The Morgan fingerprint density at radius 1 is 0.967 bits per heavy atom. The normalized spacial score (nSPS) is 11.6. The first-order valence-corrected chi connectivity index (χ1v) is 10.0. The molecule has 0 spiro atoms. The van der Waals surface area contributed by atoms with Gasteiger partial charge in [-0.1, -0.05) is 13.8 Å². The number of carbonyl (C=O) groups is 2. The van der Waals surface area contributed by atoms with Crippen LogP contribution in [0.3, 0.4) is 0 Å². The van der Waals surface area contributed by atoms with Crippen molar-refractivity contribution in [2.75, 3.05) is 36.8 Å². The van der Waals surface area contributed by atoms with Gasteiger partial charge in [0.25, 0.3) is 5.91 Å². The number of urea groups is 1. The first-order chi connectivity index (χ1) is 14.4. The summed E-state index contributed by atoms with van der Waals surface area (Å²) in [4.78, 5) is 26.6. The predicted octanol–water partition coefficient (Wildman–Crippen LogP) is 4.10. The van der Waals surface area contributed by atoms with Crippen LogP contribution in [0.25, 0.3) is 0 Å². The van der Waals surface area contributed by atoms with Gasteiger partial charge in [-0.3, -0.25) is 4.79 Å². The average molecular weight is 416 g/mol. The lowest BCUT2D eigenvalue weighted by Gasteiger charge is -2.18. The van der Waals surface area contributed by atoms with E-state index in [1.54, 1.807) is 48.5 Å². The molecule has 0 aliphatic rings. The fourth-order valence-corrected chi connectivity index (χ4v) is 2.77. The van der Waals surface area contributed by atoms with Crippen molar-refractivity contribution in [3.63, 3.8) is 0 Å². The minimum Gasteiger partial charge on any atom is -0.461 e. The lowest BCUT2D eigenvalue weighted by Crippen LogP contribution is -2.34. The monoisotopic (exact) mass is 416 g/mol. The fraction of sp³-hybridized carbons (Fsp3) is 0.364. The van der Waals surface area contributed by atoms with Gasteiger partial charge < -0.3 is 25.6 Å². The minimum atomic E-state index is -1.40. The number of carbonyl (C=O) groups excluding carboxylic acids is 2. The van der Waals surface area contributed by atoms with Crippen LogP contribution in [0, 0.1) is 0 Å². The minimum absolute atomic E-state index is 0.150. The molecule has 0 saturated carbocycles. The van der Waals surface area contributed by atoms with Crippen molar-refractivity contribution >= 4 is 23.3 Å². The zero-order valence-electron chi connectivity index (χ0n) is 17.6. The van der Waals surface area contributed by atoms with E-state index in [9.17, 15) is 14.0 Å². The molecule has 2 rings (SSSR count). The molecule has 0 fully saturated rings. The molecule has 3 amide bonds. The standard InChI is InChI=1S/C22H29FN4O3/c1-4-27(5-2)15-14-24-21(28)17-6-8-18(9-7-17)25-22(29)26-19-10-12-20(13-11-19)30-16(3)23/h6-13,16H,4-5,14-15H2,1-3H3,(H,24,28)(H2,25,26,29). The van der Waals surface area contributed by atoms with Crippen LogP contribution >= 0.6 is 0 Å². The van der Waals surface area contributed by atoms with Crippen LogP contribution < -0.4 is 20.7 Å². The number of halogens is 1. The Kier molecular flexibility index (Phi) is 9.08. The van der Waals surface area contributed by atoms with Crippen molar-refractivity contribution in [3.8, 4) is 5.75 Å². The van der Waals surface area contributed by atoms with Crippen molar-refractivity contribution in [2.24, 2.45) is 0 Å². The lowest BCUT2D eigenvalue weighted by molar-refractivity contribution is 0.0860. The molecule has 8 heteroatoms. The third-order valence-electron chi connectivity index (χ3n) is 4.42. The molecule has 0 heterocycles. The fourth-order valence-electron chi connectivity index (χ4n) is 2.77. The Balaban J connectivity index is 1.81. The van der Waals surface area contributed by atoms with Crippen LogP contribution in [0.15, 0.2) is 48.5 Å².